The molecule has 1 rings (SSSR count). The number of nitrogens with zero attached hydrogens (tertiary/aromatic N) is 2. The quantitative estimate of drug-likeness (QED) is 0.795. The van der Waals surface area contributed by atoms with E-state index in [9.17, 15) is 9.59 Å². The van der Waals surface area contributed by atoms with E-state index in [-0.39, 0.29) is 17.1 Å². The van der Waals surface area contributed by atoms with E-state index in [0.29, 0.717) is 18.8 Å². The Hall–Kier alpha value is -1.56. The monoisotopic (exact) mass is 259 g/mol. The molecule has 0 atom stereocenters. The predicted molar refractivity (Wildman–Crippen MR) is 64.3 cm³/mol. The minimum atomic E-state index is -0.414. The summed E-state index contributed by atoms with van der Waals surface area (Å²) in [5.41, 5.74) is -0.0579. The molecule has 17 heavy (non-hydrogen) atoms. The summed E-state index contributed by atoms with van der Waals surface area (Å²) in [4.78, 5) is 22.7. The molecule has 0 spiro atoms. The van der Waals surface area contributed by atoms with Crippen molar-refractivity contribution in [2.75, 3.05) is 18.5 Å². The van der Waals surface area contributed by atoms with E-state index in [1.165, 1.54) is 10.9 Å². The van der Waals surface area contributed by atoms with E-state index in [4.69, 9.17) is 16.3 Å². The fourth-order valence-electron chi connectivity index (χ4n) is 1.19. The molecule has 6 nitrogen and oxygen atoms in total. The Labute approximate surface area is 104 Å². The number of carbonyl (C=O) groups excluding carboxylic acids is 1. The van der Waals surface area contributed by atoms with Gasteiger partial charge in [0.15, 0.2) is 0 Å². The summed E-state index contributed by atoms with van der Waals surface area (Å²) in [6.07, 6.45) is 1.41. The van der Waals surface area contributed by atoms with Crippen molar-refractivity contribution in [1.82, 2.24) is 9.78 Å². The fourth-order valence-corrected chi connectivity index (χ4v) is 1.41. The molecule has 0 saturated heterocycles. The van der Waals surface area contributed by atoms with Crippen LogP contribution in [-0.2, 0) is 16.1 Å². The van der Waals surface area contributed by atoms with Crippen molar-refractivity contribution in [3.8, 4) is 0 Å². The number of carbonyl (C=O) groups is 1. The molecule has 1 aromatic heterocycles. The molecule has 1 heterocycles. The van der Waals surface area contributed by atoms with Crippen LogP contribution in [-0.4, -0.2) is 28.9 Å². The molecule has 1 aromatic rings. The van der Waals surface area contributed by atoms with Crippen LogP contribution in [0.1, 0.15) is 13.8 Å². The van der Waals surface area contributed by atoms with Gasteiger partial charge in [-0.1, -0.05) is 11.6 Å². The SMILES string of the molecule is CCOC(=O)CNc1cnn(CC)c(=O)c1Cl. The molecular weight excluding hydrogens is 246 g/mol. The van der Waals surface area contributed by atoms with Crippen LogP contribution in [0.3, 0.4) is 0 Å². The first-order chi connectivity index (χ1) is 8.10. The van der Waals surface area contributed by atoms with Gasteiger partial charge in [0.2, 0.25) is 0 Å². The second-order valence-corrected chi connectivity index (χ2v) is 3.53. The number of ether oxygens (including phenoxy) is 1. The summed E-state index contributed by atoms with van der Waals surface area (Å²) in [5.74, 6) is -0.414. The molecular formula is C10H14ClN3O3. The average Bonchev–Trinajstić information content (AvgIpc) is 2.31. The van der Waals surface area contributed by atoms with Crippen LogP contribution in [0, 0.1) is 0 Å². The van der Waals surface area contributed by atoms with E-state index in [1.807, 2.05) is 0 Å². The first-order valence-corrected chi connectivity index (χ1v) is 5.63. The maximum absolute atomic E-state index is 11.6. The lowest BCUT2D eigenvalue weighted by Gasteiger charge is -2.08. The molecule has 0 amide bonds. The number of hydrogen-bond donors (Lipinski definition) is 1. The largest absolute Gasteiger partial charge is 0.465 e. The highest BCUT2D eigenvalue weighted by Crippen LogP contribution is 2.14. The second kappa shape index (κ2) is 6.24. The van der Waals surface area contributed by atoms with Crippen LogP contribution in [0.4, 0.5) is 5.69 Å². The molecule has 0 bridgehead atoms. The van der Waals surface area contributed by atoms with Crippen LogP contribution in [0.5, 0.6) is 0 Å². The Morgan fingerprint density at radius 3 is 2.88 bits per heavy atom. The van der Waals surface area contributed by atoms with Crippen LogP contribution < -0.4 is 10.9 Å². The minimum Gasteiger partial charge on any atom is -0.465 e. The van der Waals surface area contributed by atoms with Crippen LogP contribution >= 0.6 is 11.6 Å². The zero-order valence-corrected chi connectivity index (χ0v) is 10.5. The van der Waals surface area contributed by atoms with Gasteiger partial charge in [-0.15, -0.1) is 0 Å². The average molecular weight is 260 g/mol. The summed E-state index contributed by atoms with van der Waals surface area (Å²) in [6.45, 7) is 4.21. The fraction of sp³-hybridized carbons (Fsp3) is 0.500. The first-order valence-electron chi connectivity index (χ1n) is 5.25. The number of halogens is 1. The number of rotatable bonds is 5. The Morgan fingerprint density at radius 1 is 1.59 bits per heavy atom. The van der Waals surface area contributed by atoms with Crippen molar-refractivity contribution in [2.45, 2.75) is 20.4 Å². The Morgan fingerprint density at radius 2 is 2.29 bits per heavy atom. The lowest BCUT2D eigenvalue weighted by Crippen LogP contribution is -2.24. The first kappa shape index (κ1) is 13.5. The predicted octanol–water partition coefficient (Wildman–Crippen LogP) is 0.892. The van der Waals surface area contributed by atoms with Gasteiger partial charge >= 0.3 is 5.97 Å². The van der Waals surface area contributed by atoms with E-state index in [0.717, 1.165) is 0 Å². The number of esters is 1. The zero-order chi connectivity index (χ0) is 12.8. The van der Waals surface area contributed by atoms with E-state index < -0.39 is 5.97 Å². The van der Waals surface area contributed by atoms with Crippen molar-refractivity contribution < 1.29 is 9.53 Å². The Bertz CT molecular complexity index is 459. The molecule has 1 N–H and O–H groups in total. The third-order valence-electron chi connectivity index (χ3n) is 2.01. The maximum atomic E-state index is 11.6. The lowest BCUT2D eigenvalue weighted by atomic mass is 10.4. The number of aromatic nitrogens is 2. The second-order valence-electron chi connectivity index (χ2n) is 3.15. The highest BCUT2D eigenvalue weighted by molar-refractivity contribution is 6.32. The van der Waals surface area contributed by atoms with E-state index >= 15 is 0 Å². The van der Waals surface area contributed by atoms with E-state index in [2.05, 4.69) is 10.4 Å². The van der Waals surface area contributed by atoms with Crippen molar-refractivity contribution in [3.05, 3.63) is 21.6 Å². The molecule has 0 aliphatic heterocycles. The molecule has 94 valence electrons. The van der Waals surface area contributed by atoms with Crippen LogP contribution in [0.25, 0.3) is 0 Å². The summed E-state index contributed by atoms with van der Waals surface area (Å²) in [5, 5.41) is 6.61. The summed E-state index contributed by atoms with van der Waals surface area (Å²) >= 11 is 5.85. The topological polar surface area (TPSA) is 73.2 Å². The number of nitrogens with one attached hydrogen (secondary N) is 1. The molecule has 0 aliphatic carbocycles. The molecule has 0 unspecified atom stereocenters. The van der Waals surface area contributed by atoms with Gasteiger partial charge in [0.1, 0.15) is 11.6 Å². The highest BCUT2D eigenvalue weighted by Gasteiger charge is 2.09. The third kappa shape index (κ3) is 3.45. The van der Waals surface area contributed by atoms with Crippen molar-refractivity contribution in [1.29, 1.82) is 0 Å². The summed E-state index contributed by atoms with van der Waals surface area (Å²) in [7, 11) is 0. The van der Waals surface area contributed by atoms with E-state index in [1.54, 1.807) is 13.8 Å². The van der Waals surface area contributed by atoms with Crippen molar-refractivity contribution in [3.63, 3.8) is 0 Å². The maximum Gasteiger partial charge on any atom is 0.325 e. The normalized spacial score (nSPS) is 10.1. The minimum absolute atomic E-state index is 0.0196. The third-order valence-corrected chi connectivity index (χ3v) is 2.38. The zero-order valence-electron chi connectivity index (χ0n) is 9.70. The number of aryl methyl sites for hydroxylation is 1. The van der Waals surface area contributed by atoms with Gasteiger partial charge in [0, 0.05) is 6.54 Å². The van der Waals surface area contributed by atoms with Gasteiger partial charge < -0.3 is 10.1 Å². The molecule has 0 radical (unpaired) electrons. The number of anilines is 1. The molecule has 0 saturated carbocycles. The van der Waals surface area contributed by atoms with Crippen molar-refractivity contribution in [2.24, 2.45) is 0 Å². The van der Waals surface area contributed by atoms with Gasteiger partial charge in [-0.05, 0) is 13.8 Å². The van der Waals surface area contributed by atoms with Crippen LogP contribution in [0.15, 0.2) is 11.0 Å². The Balaban J connectivity index is 2.76. The van der Waals surface area contributed by atoms with Crippen LogP contribution in [0.2, 0.25) is 5.02 Å². The molecule has 0 aliphatic rings. The Kier molecular flexibility index (Phi) is 4.96. The summed E-state index contributed by atoms with van der Waals surface area (Å²) < 4.78 is 5.96. The molecule has 0 fully saturated rings. The van der Waals surface area contributed by atoms with Gasteiger partial charge in [-0.25, -0.2) is 4.68 Å². The van der Waals surface area contributed by atoms with Gasteiger partial charge in [0.25, 0.3) is 5.56 Å². The van der Waals surface area contributed by atoms with Gasteiger partial charge in [-0.3, -0.25) is 9.59 Å². The smallest absolute Gasteiger partial charge is 0.325 e. The van der Waals surface area contributed by atoms with Gasteiger partial charge in [-0.2, -0.15) is 5.10 Å². The highest BCUT2D eigenvalue weighted by atomic mass is 35.5. The van der Waals surface area contributed by atoms with Gasteiger partial charge in [0.05, 0.1) is 18.5 Å². The summed E-state index contributed by atoms with van der Waals surface area (Å²) in [6, 6.07) is 0. The standard InChI is InChI=1S/C10H14ClN3O3/c1-3-14-10(16)9(11)7(5-13-14)12-6-8(15)17-4-2/h5,12H,3-4,6H2,1-2H3. The molecule has 7 heteroatoms. The van der Waals surface area contributed by atoms with Crippen molar-refractivity contribution >= 4 is 23.3 Å². The molecule has 0 aromatic carbocycles. The number of hydrogen-bond acceptors (Lipinski definition) is 5. The lowest BCUT2D eigenvalue weighted by molar-refractivity contribution is -0.140.